The summed E-state index contributed by atoms with van der Waals surface area (Å²) < 4.78 is 55.3. The Morgan fingerprint density at radius 3 is 2.50 bits per heavy atom. The summed E-state index contributed by atoms with van der Waals surface area (Å²) in [5, 5.41) is 15.1. The van der Waals surface area contributed by atoms with Crippen molar-refractivity contribution in [3.63, 3.8) is 0 Å². The average Bonchev–Trinajstić information content (AvgIpc) is 3.94. The summed E-state index contributed by atoms with van der Waals surface area (Å²) in [6.45, 7) is 3.43. The third-order valence-electron chi connectivity index (χ3n) is 10.1. The molecule has 3 aromatic heterocycles. The van der Waals surface area contributed by atoms with Crippen LogP contribution in [0.4, 0.5) is 24.5 Å². The van der Waals surface area contributed by atoms with Crippen molar-refractivity contribution >= 4 is 51.6 Å². The smallest absolute Gasteiger partial charge is 0.416 e. The molecule has 19 heteroatoms. The Morgan fingerprint density at radius 1 is 1.02 bits per heavy atom. The van der Waals surface area contributed by atoms with Crippen molar-refractivity contribution in [3.05, 3.63) is 91.9 Å². The molecule has 0 aliphatic carbocycles. The van der Waals surface area contributed by atoms with E-state index in [9.17, 15) is 27.6 Å². The number of carbonyl (C=O) groups excluding carboxylic acids is 2. The minimum Gasteiger partial charge on any atom is -0.496 e. The number of halogens is 4. The van der Waals surface area contributed by atoms with Gasteiger partial charge in [0.2, 0.25) is 11.7 Å². The van der Waals surface area contributed by atoms with Crippen LogP contribution in [0.25, 0.3) is 28.2 Å². The van der Waals surface area contributed by atoms with Gasteiger partial charge in [0.25, 0.3) is 11.5 Å². The summed E-state index contributed by atoms with van der Waals surface area (Å²) in [7, 11) is 3.23. The first-order valence-corrected chi connectivity index (χ1v) is 18.0. The zero-order valence-corrected chi connectivity index (χ0v) is 31.1. The van der Waals surface area contributed by atoms with Crippen LogP contribution in [-0.2, 0) is 48.9 Å². The molecule has 0 spiro atoms. The van der Waals surface area contributed by atoms with Crippen molar-refractivity contribution in [3.8, 4) is 17.1 Å². The molecule has 0 unspecified atom stereocenters. The highest BCUT2D eigenvalue weighted by Gasteiger charge is 2.32. The van der Waals surface area contributed by atoms with Gasteiger partial charge in [-0.15, -0.1) is 10.2 Å². The first-order valence-electron chi connectivity index (χ1n) is 17.6. The molecule has 0 atom stereocenters. The molecule has 1 fully saturated rings. The molecule has 56 heavy (non-hydrogen) atoms. The van der Waals surface area contributed by atoms with Gasteiger partial charge in [-0.2, -0.15) is 22.7 Å². The highest BCUT2D eigenvalue weighted by molar-refractivity contribution is 6.33. The first-order chi connectivity index (χ1) is 26.8. The normalized spacial score (nSPS) is 14.5. The lowest BCUT2D eigenvalue weighted by atomic mass is 10.1. The third kappa shape index (κ3) is 6.57. The van der Waals surface area contributed by atoms with Gasteiger partial charge in [0.15, 0.2) is 5.82 Å². The Morgan fingerprint density at radius 2 is 1.79 bits per heavy atom. The second-order valence-corrected chi connectivity index (χ2v) is 13.8. The number of aromatic nitrogens is 7. The van der Waals surface area contributed by atoms with E-state index < -0.39 is 23.2 Å². The van der Waals surface area contributed by atoms with Gasteiger partial charge in [-0.25, -0.2) is 4.68 Å². The van der Waals surface area contributed by atoms with E-state index in [1.54, 1.807) is 33.3 Å². The van der Waals surface area contributed by atoms with Crippen molar-refractivity contribution in [2.24, 2.45) is 7.05 Å². The summed E-state index contributed by atoms with van der Waals surface area (Å²) >= 11 is 6.17. The second kappa shape index (κ2) is 14.2. The van der Waals surface area contributed by atoms with Crippen LogP contribution in [0.3, 0.4) is 0 Å². The van der Waals surface area contributed by atoms with E-state index in [2.05, 4.69) is 20.7 Å². The minimum atomic E-state index is -4.62. The van der Waals surface area contributed by atoms with Gasteiger partial charge in [-0.1, -0.05) is 35.9 Å². The summed E-state index contributed by atoms with van der Waals surface area (Å²) in [4.78, 5) is 50.2. The van der Waals surface area contributed by atoms with Crippen molar-refractivity contribution < 1.29 is 32.2 Å². The molecule has 3 aromatic carbocycles. The second-order valence-electron chi connectivity index (χ2n) is 13.4. The minimum absolute atomic E-state index is 0.0154. The summed E-state index contributed by atoms with van der Waals surface area (Å²) in [6, 6.07) is 11.7. The largest absolute Gasteiger partial charge is 0.496 e. The van der Waals surface area contributed by atoms with Crippen LogP contribution in [0, 0.1) is 0 Å². The van der Waals surface area contributed by atoms with E-state index >= 15 is 0 Å². The number of piperazine rings is 1. The van der Waals surface area contributed by atoms with Crippen LogP contribution < -0.4 is 20.5 Å². The number of ether oxygens (including phenoxy) is 2. The summed E-state index contributed by atoms with van der Waals surface area (Å²) in [6.07, 6.45) is -4.32. The van der Waals surface area contributed by atoms with Crippen LogP contribution >= 0.6 is 11.6 Å². The molecule has 0 bridgehead atoms. The maximum absolute atomic E-state index is 14.4. The topological polar surface area (TPSA) is 154 Å². The fraction of sp³-hybridized carbons (Fsp3) is 0.324. The Labute approximate surface area is 321 Å². The predicted octanol–water partition coefficient (Wildman–Crippen LogP) is 4.71. The molecular weight excluding hydrogens is 757 g/mol. The monoisotopic (exact) mass is 790 g/mol. The van der Waals surface area contributed by atoms with E-state index in [1.807, 2.05) is 30.0 Å². The van der Waals surface area contributed by atoms with E-state index in [1.165, 1.54) is 7.11 Å². The fourth-order valence-electron chi connectivity index (χ4n) is 7.19. The number of alkyl halides is 3. The molecule has 0 saturated carbocycles. The van der Waals surface area contributed by atoms with Crippen LogP contribution in [0.15, 0.2) is 53.3 Å². The number of hydrogen-bond donors (Lipinski definition) is 1. The van der Waals surface area contributed by atoms with Crippen molar-refractivity contribution in [2.75, 3.05) is 43.5 Å². The molecule has 1 saturated heterocycles. The number of methoxy groups -OCH3 is 1. The van der Waals surface area contributed by atoms with Crippen LogP contribution in [0.1, 0.15) is 39.7 Å². The fourth-order valence-corrected chi connectivity index (χ4v) is 7.42. The van der Waals surface area contributed by atoms with Gasteiger partial charge >= 0.3 is 6.18 Å². The number of anilines is 2. The molecule has 0 radical (unpaired) electrons. The maximum Gasteiger partial charge on any atom is 0.416 e. The molecule has 2 amide bonds. The zero-order valence-electron chi connectivity index (χ0n) is 30.4. The molecule has 290 valence electrons. The molecule has 15 nitrogen and oxygen atoms in total. The molecular formula is C37H34ClF3N10O5. The van der Waals surface area contributed by atoms with Gasteiger partial charge in [0, 0.05) is 44.9 Å². The lowest BCUT2D eigenvalue weighted by Gasteiger charge is -2.37. The van der Waals surface area contributed by atoms with E-state index in [0.717, 1.165) is 33.8 Å². The quantitative estimate of drug-likeness (QED) is 0.229. The Hall–Kier alpha value is -6.01. The molecule has 2 aliphatic rings. The number of hydrogen-bond acceptors (Lipinski definition) is 10. The Balaban J connectivity index is 1.14. The van der Waals surface area contributed by atoms with Crippen molar-refractivity contribution in [2.45, 2.75) is 39.3 Å². The number of amides is 2. The number of aryl methyl sites for hydroxylation is 1. The van der Waals surface area contributed by atoms with Crippen LogP contribution in [-0.4, -0.2) is 84.2 Å². The average molecular weight is 791 g/mol. The van der Waals surface area contributed by atoms with E-state index in [0.29, 0.717) is 53.2 Å². The van der Waals surface area contributed by atoms with Crippen molar-refractivity contribution in [1.29, 1.82) is 0 Å². The molecule has 8 rings (SSSR count). The van der Waals surface area contributed by atoms with Gasteiger partial charge in [0.05, 0.1) is 53.4 Å². The SMILES string of the molecule is CCc1c(N2CCN(C(=O)c3cc4nnn(C)c4cc3OC)CC2)c(=O)n2nc(-c3ccc4c(c3)COC4)nc2n1CC(=O)Nc1ccc(C(F)(F)F)cc1Cl. The Kier molecular flexibility index (Phi) is 9.40. The summed E-state index contributed by atoms with van der Waals surface area (Å²) in [5.41, 5.74) is 3.57. The van der Waals surface area contributed by atoms with Gasteiger partial charge in [-0.05, 0) is 47.9 Å². The predicted molar refractivity (Wildman–Crippen MR) is 199 cm³/mol. The number of carbonyl (C=O) groups is 2. The third-order valence-corrected chi connectivity index (χ3v) is 10.4. The standard InChI is InChI=1S/C37H34ClF3N10O5/c1-4-28-32(48-9-11-49(12-10-48)34(53)24-15-27-29(16-30(24)55-3)47(2)46-44-27)35(54)51-36(43-33(45-51)20-5-6-21-18-56-19-22(21)13-20)50(28)17-31(52)42-26-8-7-23(14-25(26)38)37(39,40)41/h5-8,13-16H,4,9-12,17-19H2,1-3H3,(H,42,52). The summed E-state index contributed by atoms with van der Waals surface area (Å²) in [5.74, 6) is -0.166. The lowest BCUT2D eigenvalue weighted by molar-refractivity contribution is -0.137. The van der Waals surface area contributed by atoms with E-state index in [-0.39, 0.29) is 66.6 Å². The first kappa shape index (κ1) is 36.9. The van der Waals surface area contributed by atoms with Crippen LogP contribution in [0.5, 0.6) is 5.75 Å². The number of nitrogens with zero attached hydrogens (tertiary/aromatic N) is 9. The lowest BCUT2D eigenvalue weighted by Crippen LogP contribution is -2.51. The van der Waals surface area contributed by atoms with Crippen molar-refractivity contribution in [1.82, 2.24) is 39.1 Å². The van der Waals surface area contributed by atoms with Gasteiger partial charge in [-0.3, -0.25) is 14.4 Å². The number of nitrogens with one attached hydrogen (secondary N) is 1. The van der Waals surface area contributed by atoms with Gasteiger partial charge < -0.3 is 29.2 Å². The number of fused-ring (bicyclic) bond motifs is 3. The molecule has 2 aliphatic heterocycles. The number of rotatable bonds is 8. The highest BCUT2D eigenvalue weighted by atomic mass is 35.5. The van der Waals surface area contributed by atoms with E-state index in [4.69, 9.17) is 26.1 Å². The van der Waals surface area contributed by atoms with Crippen LogP contribution in [0.2, 0.25) is 5.02 Å². The highest BCUT2D eigenvalue weighted by Crippen LogP contribution is 2.34. The van der Waals surface area contributed by atoms with Gasteiger partial charge in [0.1, 0.15) is 23.5 Å². The molecule has 1 N–H and O–H groups in total. The Bertz CT molecular complexity index is 2610. The maximum atomic E-state index is 14.4. The molecule has 6 aromatic rings. The number of benzene rings is 3. The zero-order chi connectivity index (χ0) is 39.5. The molecule has 5 heterocycles.